The van der Waals surface area contributed by atoms with Crippen LogP contribution in [0.15, 0.2) is 35.6 Å². The number of ether oxygens (including phenoxy) is 1. The third-order valence-corrected chi connectivity index (χ3v) is 2.82. The number of hydrogen-bond donors (Lipinski definition) is 1. The van der Waals surface area contributed by atoms with Crippen molar-refractivity contribution in [3.05, 3.63) is 52.3 Å². The summed E-state index contributed by atoms with van der Waals surface area (Å²) in [6, 6.07) is 6.04. The van der Waals surface area contributed by atoms with Crippen molar-refractivity contribution >= 4 is 12.0 Å². The maximum atomic E-state index is 11.2. The number of carboxylic acids is 1. The summed E-state index contributed by atoms with van der Waals surface area (Å²) in [5, 5.41) is 9.17. The highest BCUT2D eigenvalue weighted by Gasteiger charge is 2.17. The summed E-state index contributed by atoms with van der Waals surface area (Å²) in [6.45, 7) is 1.99. The Bertz CT molecular complexity index is 524. The Labute approximate surface area is 100 Å². The van der Waals surface area contributed by atoms with E-state index < -0.39 is 5.97 Å². The topological polar surface area (TPSA) is 46.5 Å². The normalized spacial score (nSPS) is 14.2. The molecule has 1 aromatic rings. The minimum atomic E-state index is -0.965. The Morgan fingerprint density at radius 1 is 1.41 bits per heavy atom. The zero-order valence-electron chi connectivity index (χ0n) is 9.86. The predicted molar refractivity (Wildman–Crippen MR) is 65.6 cm³/mol. The SMILES string of the molecule is COC1=CCc2ccc(C)cc2C=C1C(=O)O. The second-order valence-electron chi connectivity index (χ2n) is 4.04. The van der Waals surface area contributed by atoms with Gasteiger partial charge in [-0.05, 0) is 36.6 Å². The molecule has 0 bridgehead atoms. The first-order valence-corrected chi connectivity index (χ1v) is 5.41. The first kappa shape index (κ1) is 11.5. The molecule has 0 fully saturated rings. The van der Waals surface area contributed by atoms with Crippen molar-refractivity contribution in [2.45, 2.75) is 13.3 Å². The van der Waals surface area contributed by atoms with Crippen molar-refractivity contribution in [2.75, 3.05) is 7.11 Å². The van der Waals surface area contributed by atoms with E-state index in [2.05, 4.69) is 0 Å². The van der Waals surface area contributed by atoms with E-state index in [1.54, 1.807) is 12.2 Å². The standard InChI is InChI=1S/C14H14O3/c1-9-3-4-10-5-6-13(17-2)12(14(15)16)8-11(10)7-9/h3-4,6-8H,5H2,1-2H3,(H,15,16). The van der Waals surface area contributed by atoms with Crippen LogP contribution in [0, 0.1) is 6.92 Å². The molecule has 0 saturated heterocycles. The summed E-state index contributed by atoms with van der Waals surface area (Å²) in [5.74, 6) is -0.543. The Balaban J connectivity index is 2.57. The van der Waals surface area contributed by atoms with Crippen LogP contribution in [0.3, 0.4) is 0 Å². The van der Waals surface area contributed by atoms with Gasteiger partial charge in [0.05, 0.1) is 7.11 Å². The number of carboxylic acid groups (broad SMARTS) is 1. The molecule has 0 unspecified atom stereocenters. The monoisotopic (exact) mass is 230 g/mol. The molecule has 1 aliphatic carbocycles. The summed E-state index contributed by atoms with van der Waals surface area (Å²) < 4.78 is 5.12. The van der Waals surface area contributed by atoms with Crippen molar-refractivity contribution in [1.82, 2.24) is 0 Å². The van der Waals surface area contributed by atoms with Crippen molar-refractivity contribution in [3.8, 4) is 0 Å². The molecule has 0 aromatic heterocycles. The van der Waals surface area contributed by atoms with Crippen molar-refractivity contribution in [2.24, 2.45) is 0 Å². The van der Waals surface area contributed by atoms with Gasteiger partial charge in [-0.25, -0.2) is 4.79 Å². The molecule has 1 N–H and O–H groups in total. The van der Waals surface area contributed by atoms with Gasteiger partial charge in [-0.15, -0.1) is 0 Å². The number of benzene rings is 1. The lowest BCUT2D eigenvalue weighted by Crippen LogP contribution is -2.04. The van der Waals surface area contributed by atoms with Crippen LogP contribution in [0.2, 0.25) is 0 Å². The van der Waals surface area contributed by atoms with E-state index in [4.69, 9.17) is 4.74 Å². The van der Waals surface area contributed by atoms with Crippen LogP contribution in [0.1, 0.15) is 16.7 Å². The van der Waals surface area contributed by atoms with Crippen molar-refractivity contribution < 1.29 is 14.6 Å². The number of methoxy groups -OCH3 is 1. The minimum absolute atomic E-state index is 0.205. The van der Waals surface area contributed by atoms with E-state index >= 15 is 0 Å². The molecule has 0 heterocycles. The second kappa shape index (κ2) is 4.45. The molecular weight excluding hydrogens is 216 g/mol. The summed E-state index contributed by atoms with van der Waals surface area (Å²) in [6.07, 6.45) is 4.17. The lowest BCUT2D eigenvalue weighted by atomic mass is 10.0. The van der Waals surface area contributed by atoms with E-state index in [1.165, 1.54) is 7.11 Å². The first-order valence-electron chi connectivity index (χ1n) is 5.41. The van der Waals surface area contributed by atoms with Gasteiger partial charge in [-0.1, -0.05) is 23.8 Å². The lowest BCUT2D eigenvalue weighted by molar-refractivity contribution is -0.132. The lowest BCUT2D eigenvalue weighted by Gasteiger charge is -2.05. The summed E-state index contributed by atoms with van der Waals surface area (Å²) >= 11 is 0. The molecule has 0 radical (unpaired) electrons. The van der Waals surface area contributed by atoms with Gasteiger partial charge in [0, 0.05) is 0 Å². The third kappa shape index (κ3) is 2.23. The fourth-order valence-electron chi connectivity index (χ4n) is 1.93. The Kier molecular flexibility index (Phi) is 3.00. The van der Waals surface area contributed by atoms with Gasteiger partial charge >= 0.3 is 5.97 Å². The molecule has 1 aromatic carbocycles. The molecule has 2 rings (SSSR count). The van der Waals surface area contributed by atoms with Crippen LogP contribution in [-0.2, 0) is 16.0 Å². The average Bonchev–Trinajstić information content (AvgIpc) is 2.47. The summed E-state index contributed by atoms with van der Waals surface area (Å²) in [4.78, 5) is 11.2. The van der Waals surface area contributed by atoms with Crippen LogP contribution in [0.4, 0.5) is 0 Å². The molecule has 1 aliphatic rings. The van der Waals surface area contributed by atoms with Gasteiger partial charge in [0.25, 0.3) is 0 Å². The number of aliphatic carboxylic acids is 1. The van der Waals surface area contributed by atoms with Crippen LogP contribution in [-0.4, -0.2) is 18.2 Å². The highest BCUT2D eigenvalue weighted by Crippen LogP contribution is 2.24. The van der Waals surface area contributed by atoms with E-state index in [-0.39, 0.29) is 5.57 Å². The van der Waals surface area contributed by atoms with Crippen LogP contribution in [0.5, 0.6) is 0 Å². The third-order valence-electron chi connectivity index (χ3n) is 2.82. The maximum Gasteiger partial charge on any atom is 0.339 e. The quantitative estimate of drug-likeness (QED) is 0.849. The van der Waals surface area contributed by atoms with Crippen molar-refractivity contribution in [3.63, 3.8) is 0 Å². The van der Waals surface area contributed by atoms with E-state index in [0.717, 1.165) is 16.7 Å². The van der Waals surface area contributed by atoms with Crippen LogP contribution < -0.4 is 0 Å². The van der Waals surface area contributed by atoms with Gasteiger partial charge in [-0.2, -0.15) is 0 Å². The zero-order chi connectivity index (χ0) is 12.4. The number of allylic oxidation sites excluding steroid dienone is 1. The van der Waals surface area contributed by atoms with Gasteiger partial charge in [-0.3, -0.25) is 0 Å². The molecule has 3 nitrogen and oxygen atoms in total. The zero-order valence-corrected chi connectivity index (χ0v) is 9.86. The highest BCUT2D eigenvalue weighted by atomic mass is 16.5. The maximum absolute atomic E-state index is 11.2. The van der Waals surface area contributed by atoms with Gasteiger partial charge in [0.1, 0.15) is 11.3 Å². The van der Waals surface area contributed by atoms with Crippen LogP contribution in [0.25, 0.3) is 6.08 Å². The fraction of sp³-hybridized carbons (Fsp3) is 0.214. The Morgan fingerprint density at radius 3 is 2.82 bits per heavy atom. The molecule has 3 heteroatoms. The number of rotatable bonds is 2. The Hall–Kier alpha value is -2.03. The first-order chi connectivity index (χ1) is 8.11. The van der Waals surface area contributed by atoms with Crippen LogP contribution >= 0.6 is 0 Å². The van der Waals surface area contributed by atoms with Crippen molar-refractivity contribution in [1.29, 1.82) is 0 Å². The predicted octanol–water partition coefficient (Wildman–Crippen LogP) is 2.55. The number of hydrogen-bond acceptors (Lipinski definition) is 2. The van der Waals surface area contributed by atoms with Gasteiger partial charge < -0.3 is 9.84 Å². The molecule has 0 atom stereocenters. The van der Waals surface area contributed by atoms with Gasteiger partial charge in [0.15, 0.2) is 0 Å². The second-order valence-corrected chi connectivity index (χ2v) is 4.04. The number of fused-ring (bicyclic) bond motifs is 1. The molecule has 88 valence electrons. The smallest absolute Gasteiger partial charge is 0.339 e. The van der Waals surface area contributed by atoms with Gasteiger partial charge in [0.2, 0.25) is 0 Å². The van der Waals surface area contributed by atoms with E-state index in [1.807, 2.05) is 25.1 Å². The molecule has 0 aliphatic heterocycles. The number of carbonyl (C=O) groups is 1. The molecule has 17 heavy (non-hydrogen) atoms. The minimum Gasteiger partial charge on any atom is -0.496 e. The fourth-order valence-corrected chi connectivity index (χ4v) is 1.93. The molecule has 0 amide bonds. The Morgan fingerprint density at radius 2 is 2.18 bits per heavy atom. The largest absolute Gasteiger partial charge is 0.496 e. The molecule has 0 spiro atoms. The molecule has 0 saturated carbocycles. The van der Waals surface area contributed by atoms with E-state index in [0.29, 0.717) is 12.2 Å². The number of aryl methyl sites for hydroxylation is 1. The average molecular weight is 230 g/mol. The highest BCUT2D eigenvalue weighted by molar-refractivity contribution is 5.97. The summed E-state index contributed by atoms with van der Waals surface area (Å²) in [7, 11) is 1.49. The molecular formula is C14H14O3. The summed E-state index contributed by atoms with van der Waals surface area (Å²) in [5.41, 5.74) is 3.38. The van der Waals surface area contributed by atoms with E-state index in [9.17, 15) is 9.90 Å².